The molecule has 3 nitrogen and oxygen atoms in total. The normalized spacial score (nSPS) is 9.69. The lowest BCUT2D eigenvalue weighted by atomic mass is 10.3. The Hall–Kier alpha value is -0.610. The third-order valence-corrected chi connectivity index (χ3v) is 1.96. The van der Waals surface area contributed by atoms with Crippen LogP contribution in [0.4, 0.5) is 0 Å². The van der Waals surface area contributed by atoms with Gasteiger partial charge in [0.25, 0.3) is 5.91 Å². The average Bonchev–Trinajstić information content (AvgIpc) is 2.15. The summed E-state index contributed by atoms with van der Waals surface area (Å²) in [6, 6.07) is 3.23. The highest BCUT2D eigenvalue weighted by Gasteiger charge is 2.04. The second kappa shape index (κ2) is 5.19. The molecule has 0 radical (unpaired) electrons. The molecule has 0 atom stereocenters. The molecule has 5 heteroatoms. The number of alkyl halides is 1. The highest BCUT2D eigenvalue weighted by atomic mass is 79.9. The molecular formula is C8H8BrClN2O. The van der Waals surface area contributed by atoms with Gasteiger partial charge in [0, 0.05) is 18.1 Å². The van der Waals surface area contributed by atoms with Crippen molar-refractivity contribution in [3.63, 3.8) is 0 Å². The summed E-state index contributed by atoms with van der Waals surface area (Å²) in [7, 11) is 0. The second-order valence-corrected chi connectivity index (χ2v) is 3.54. The molecule has 0 saturated heterocycles. The van der Waals surface area contributed by atoms with Gasteiger partial charge in [0.15, 0.2) is 0 Å². The van der Waals surface area contributed by atoms with Crippen LogP contribution in [0, 0.1) is 0 Å². The van der Waals surface area contributed by atoms with Crippen LogP contribution in [0.15, 0.2) is 18.3 Å². The molecule has 0 aromatic carbocycles. The zero-order valence-corrected chi connectivity index (χ0v) is 9.10. The van der Waals surface area contributed by atoms with E-state index in [-0.39, 0.29) is 5.91 Å². The maximum Gasteiger partial charge on any atom is 0.269 e. The molecule has 0 bridgehead atoms. The van der Waals surface area contributed by atoms with Gasteiger partial charge in [-0.15, -0.1) is 0 Å². The lowest BCUT2D eigenvalue weighted by molar-refractivity contribution is 0.0951. The molecule has 1 amide bonds. The minimum atomic E-state index is -0.184. The number of pyridine rings is 1. The Labute approximate surface area is 89.6 Å². The first-order chi connectivity index (χ1) is 6.24. The highest BCUT2D eigenvalue weighted by molar-refractivity contribution is 9.09. The van der Waals surface area contributed by atoms with Crippen molar-refractivity contribution in [3.05, 3.63) is 29.0 Å². The SMILES string of the molecule is O=C(NCCBr)c1ccc(Cl)cn1. The van der Waals surface area contributed by atoms with Gasteiger partial charge in [-0.3, -0.25) is 4.79 Å². The summed E-state index contributed by atoms with van der Waals surface area (Å²) in [6.07, 6.45) is 1.45. The molecule has 0 fully saturated rings. The number of carbonyl (C=O) groups excluding carboxylic acids is 1. The first-order valence-electron chi connectivity index (χ1n) is 3.70. The number of nitrogens with one attached hydrogen (secondary N) is 1. The zero-order valence-electron chi connectivity index (χ0n) is 6.76. The fraction of sp³-hybridized carbons (Fsp3) is 0.250. The zero-order chi connectivity index (χ0) is 9.68. The summed E-state index contributed by atoms with van der Waals surface area (Å²) in [4.78, 5) is 15.1. The number of aromatic nitrogens is 1. The second-order valence-electron chi connectivity index (χ2n) is 2.31. The molecule has 1 rings (SSSR count). The van der Waals surface area contributed by atoms with Gasteiger partial charge in [0.05, 0.1) is 5.02 Å². The van der Waals surface area contributed by atoms with Gasteiger partial charge >= 0.3 is 0 Å². The van der Waals surface area contributed by atoms with E-state index in [4.69, 9.17) is 11.6 Å². The minimum absolute atomic E-state index is 0.184. The number of nitrogens with zero attached hydrogens (tertiary/aromatic N) is 1. The fourth-order valence-corrected chi connectivity index (χ4v) is 1.07. The maximum absolute atomic E-state index is 11.3. The van der Waals surface area contributed by atoms with Gasteiger partial charge in [0.2, 0.25) is 0 Å². The minimum Gasteiger partial charge on any atom is -0.350 e. The fourth-order valence-electron chi connectivity index (χ4n) is 0.761. The molecule has 0 aliphatic carbocycles. The van der Waals surface area contributed by atoms with Gasteiger partial charge in [-0.25, -0.2) is 4.98 Å². The highest BCUT2D eigenvalue weighted by Crippen LogP contribution is 2.05. The van der Waals surface area contributed by atoms with Crippen LogP contribution in [0.5, 0.6) is 0 Å². The molecule has 0 spiro atoms. The Morgan fingerprint density at radius 1 is 1.62 bits per heavy atom. The summed E-state index contributed by atoms with van der Waals surface area (Å²) in [5, 5.41) is 3.93. The number of amides is 1. The van der Waals surface area contributed by atoms with Crippen molar-refractivity contribution in [1.82, 2.24) is 10.3 Å². The van der Waals surface area contributed by atoms with Gasteiger partial charge in [-0.2, -0.15) is 0 Å². The molecule has 1 heterocycles. The molecule has 1 N–H and O–H groups in total. The number of hydrogen-bond donors (Lipinski definition) is 1. The molecule has 13 heavy (non-hydrogen) atoms. The monoisotopic (exact) mass is 262 g/mol. The molecule has 0 aliphatic heterocycles. The van der Waals surface area contributed by atoms with Crippen molar-refractivity contribution in [2.24, 2.45) is 0 Å². The topological polar surface area (TPSA) is 42.0 Å². The molecular weight excluding hydrogens is 255 g/mol. The van der Waals surface area contributed by atoms with E-state index in [1.165, 1.54) is 6.20 Å². The van der Waals surface area contributed by atoms with Crippen LogP contribution in [-0.2, 0) is 0 Å². The van der Waals surface area contributed by atoms with Crippen LogP contribution < -0.4 is 5.32 Å². The van der Waals surface area contributed by atoms with Crippen LogP contribution in [-0.4, -0.2) is 22.8 Å². The van der Waals surface area contributed by atoms with E-state index in [1.807, 2.05) is 0 Å². The van der Waals surface area contributed by atoms with E-state index in [2.05, 4.69) is 26.2 Å². The summed E-state index contributed by atoms with van der Waals surface area (Å²) >= 11 is 8.82. The Morgan fingerprint density at radius 3 is 2.92 bits per heavy atom. The summed E-state index contributed by atoms with van der Waals surface area (Å²) < 4.78 is 0. The van der Waals surface area contributed by atoms with E-state index >= 15 is 0 Å². The number of rotatable bonds is 3. The Bertz CT molecular complexity index is 289. The Balaban J connectivity index is 2.61. The molecule has 1 aromatic heterocycles. The van der Waals surface area contributed by atoms with E-state index in [0.29, 0.717) is 17.3 Å². The lowest BCUT2D eigenvalue weighted by Gasteiger charge is -2.01. The summed E-state index contributed by atoms with van der Waals surface area (Å²) in [5.74, 6) is -0.184. The number of carbonyl (C=O) groups is 1. The predicted molar refractivity (Wildman–Crippen MR) is 55.4 cm³/mol. The average molecular weight is 264 g/mol. The lowest BCUT2D eigenvalue weighted by Crippen LogP contribution is -2.25. The van der Waals surface area contributed by atoms with Crippen LogP contribution in [0.1, 0.15) is 10.5 Å². The van der Waals surface area contributed by atoms with Crippen LogP contribution >= 0.6 is 27.5 Å². The molecule has 70 valence electrons. The first kappa shape index (κ1) is 10.5. The third kappa shape index (κ3) is 3.32. The van der Waals surface area contributed by atoms with E-state index < -0.39 is 0 Å². The van der Waals surface area contributed by atoms with Crippen LogP contribution in [0.25, 0.3) is 0 Å². The van der Waals surface area contributed by atoms with E-state index in [1.54, 1.807) is 12.1 Å². The van der Waals surface area contributed by atoms with Crippen LogP contribution in [0.2, 0.25) is 5.02 Å². The Kier molecular flexibility index (Phi) is 4.18. The molecule has 0 saturated carbocycles. The van der Waals surface area contributed by atoms with Crippen molar-refractivity contribution in [3.8, 4) is 0 Å². The molecule has 1 aromatic rings. The van der Waals surface area contributed by atoms with Gasteiger partial charge in [0.1, 0.15) is 5.69 Å². The summed E-state index contributed by atoms with van der Waals surface area (Å²) in [6.45, 7) is 0.586. The number of hydrogen-bond acceptors (Lipinski definition) is 2. The summed E-state index contributed by atoms with van der Waals surface area (Å²) in [5.41, 5.74) is 0.380. The van der Waals surface area contributed by atoms with E-state index in [9.17, 15) is 4.79 Å². The van der Waals surface area contributed by atoms with Gasteiger partial charge < -0.3 is 5.32 Å². The first-order valence-corrected chi connectivity index (χ1v) is 5.19. The standard InChI is InChI=1S/C8H8BrClN2O/c9-3-4-11-8(13)7-2-1-6(10)5-12-7/h1-2,5H,3-4H2,(H,11,13). The predicted octanol–water partition coefficient (Wildman–Crippen LogP) is 1.86. The van der Waals surface area contributed by atoms with Crippen LogP contribution in [0.3, 0.4) is 0 Å². The smallest absolute Gasteiger partial charge is 0.269 e. The number of halogens is 2. The maximum atomic E-state index is 11.3. The van der Waals surface area contributed by atoms with Crippen molar-refractivity contribution in [1.29, 1.82) is 0 Å². The molecule has 0 unspecified atom stereocenters. The Morgan fingerprint density at radius 2 is 2.38 bits per heavy atom. The largest absolute Gasteiger partial charge is 0.350 e. The molecule has 0 aliphatic rings. The van der Waals surface area contributed by atoms with Crippen molar-refractivity contribution in [2.75, 3.05) is 11.9 Å². The third-order valence-electron chi connectivity index (χ3n) is 1.34. The van der Waals surface area contributed by atoms with E-state index in [0.717, 1.165) is 5.33 Å². The van der Waals surface area contributed by atoms with Gasteiger partial charge in [-0.05, 0) is 12.1 Å². The quantitative estimate of drug-likeness (QED) is 0.846. The van der Waals surface area contributed by atoms with Crippen molar-refractivity contribution >= 4 is 33.4 Å². The van der Waals surface area contributed by atoms with Crippen molar-refractivity contribution in [2.45, 2.75) is 0 Å². The van der Waals surface area contributed by atoms with Gasteiger partial charge in [-0.1, -0.05) is 27.5 Å². The van der Waals surface area contributed by atoms with Crippen molar-refractivity contribution < 1.29 is 4.79 Å².